The highest BCUT2D eigenvalue weighted by atomic mass is 16.6. The number of rotatable bonds is 9. The molecular weight excluding hydrogens is 262 g/mol. The van der Waals surface area contributed by atoms with Crippen LogP contribution in [0.1, 0.15) is 13.3 Å². The quantitative estimate of drug-likeness (QED) is 0.472. The first kappa shape index (κ1) is 16.2. The van der Waals surface area contributed by atoms with Gasteiger partial charge in [0.15, 0.2) is 0 Å². The lowest BCUT2D eigenvalue weighted by Gasteiger charge is -2.13. The van der Waals surface area contributed by atoms with Crippen molar-refractivity contribution in [1.82, 2.24) is 0 Å². The number of nitro benzene ring substituents is 1. The monoisotopic (exact) mass is 283 g/mol. The molecular formula is C13H21N3O4. The average Bonchev–Trinajstić information content (AvgIpc) is 2.43. The molecule has 112 valence electrons. The Bertz CT molecular complexity index is 440. The van der Waals surface area contributed by atoms with E-state index in [-0.39, 0.29) is 18.8 Å². The first-order valence-electron chi connectivity index (χ1n) is 6.51. The van der Waals surface area contributed by atoms with Crippen LogP contribution in [0.15, 0.2) is 18.2 Å². The predicted molar refractivity (Wildman–Crippen MR) is 78.2 cm³/mol. The summed E-state index contributed by atoms with van der Waals surface area (Å²) < 4.78 is 4.82. The molecule has 7 nitrogen and oxygen atoms in total. The van der Waals surface area contributed by atoms with Crippen LogP contribution >= 0.6 is 0 Å². The number of hydrogen-bond acceptors (Lipinski definition) is 6. The van der Waals surface area contributed by atoms with Crippen molar-refractivity contribution >= 4 is 17.1 Å². The summed E-state index contributed by atoms with van der Waals surface area (Å²) in [5, 5.41) is 26.5. The van der Waals surface area contributed by atoms with E-state index < -0.39 is 11.0 Å². The maximum Gasteiger partial charge on any atom is 0.273 e. The Hall–Kier alpha value is -1.86. The normalized spacial score (nSPS) is 11.9. The van der Waals surface area contributed by atoms with Crippen LogP contribution in [0.4, 0.5) is 17.1 Å². The lowest BCUT2D eigenvalue weighted by atomic mass is 10.2. The fraction of sp³-hybridized carbons (Fsp3) is 0.538. The first-order chi connectivity index (χ1) is 9.56. The van der Waals surface area contributed by atoms with Crippen LogP contribution in [0.3, 0.4) is 0 Å². The smallest absolute Gasteiger partial charge is 0.273 e. The van der Waals surface area contributed by atoms with Gasteiger partial charge in [0.25, 0.3) is 5.69 Å². The Labute approximate surface area is 118 Å². The van der Waals surface area contributed by atoms with Gasteiger partial charge in [-0.2, -0.15) is 0 Å². The molecule has 0 aliphatic rings. The molecule has 0 saturated carbocycles. The van der Waals surface area contributed by atoms with Crippen LogP contribution in [0.5, 0.6) is 0 Å². The summed E-state index contributed by atoms with van der Waals surface area (Å²) in [6.07, 6.45) is 0.268. The van der Waals surface area contributed by atoms with Gasteiger partial charge in [-0.15, -0.1) is 0 Å². The fourth-order valence-corrected chi connectivity index (χ4v) is 1.68. The zero-order valence-corrected chi connectivity index (χ0v) is 11.8. The number of non-ortho nitro benzene ring substituents is 1. The predicted octanol–water partition coefficient (Wildman–Crippen LogP) is 1.84. The van der Waals surface area contributed by atoms with Crippen molar-refractivity contribution in [2.75, 3.05) is 37.4 Å². The van der Waals surface area contributed by atoms with Crippen LogP contribution in [-0.2, 0) is 4.74 Å². The molecule has 0 bridgehead atoms. The van der Waals surface area contributed by atoms with E-state index in [1.165, 1.54) is 19.2 Å². The Morgan fingerprint density at radius 2 is 2.00 bits per heavy atom. The summed E-state index contributed by atoms with van der Waals surface area (Å²) in [7, 11) is 1.50. The van der Waals surface area contributed by atoms with E-state index in [4.69, 9.17) is 4.74 Å². The Balaban J connectivity index is 2.77. The summed E-state index contributed by atoms with van der Waals surface area (Å²) in [5.74, 6) is 0. The number of nitrogens with one attached hydrogen (secondary N) is 2. The minimum absolute atomic E-state index is 0.00911. The molecule has 0 heterocycles. The topological polar surface area (TPSA) is 96.7 Å². The fourth-order valence-electron chi connectivity index (χ4n) is 1.68. The second-order valence-electron chi connectivity index (χ2n) is 4.44. The van der Waals surface area contributed by atoms with E-state index in [0.29, 0.717) is 11.4 Å². The summed E-state index contributed by atoms with van der Waals surface area (Å²) in [5.41, 5.74) is 1.28. The minimum Gasteiger partial charge on any atom is -0.389 e. The number of benzene rings is 1. The third-order valence-electron chi connectivity index (χ3n) is 2.61. The number of aliphatic hydroxyl groups is 1. The van der Waals surface area contributed by atoms with Gasteiger partial charge in [-0.25, -0.2) is 0 Å². The Kier molecular flexibility index (Phi) is 6.75. The molecule has 1 rings (SSSR count). The number of nitrogens with zero attached hydrogens (tertiary/aromatic N) is 1. The molecule has 0 aromatic heterocycles. The second-order valence-corrected chi connectivity index (χ2v) is 4.44. The number of aliphatic hydroxyl groups excluding tert-OH is 1. The van der Waals surface area contributed by atoms with Gasteiger partial charge in [0.1, 0.15) is 0 Å². The third-order valence-corrected chi connectivity index (χ3v) is 2.61. The maximum atomic E-state index is 10.9. The molecule has 7 heteroatoms. The van der Waals surface area contributed by atoms with E-state index in [0.717, 1.165) is 13.0 Å². The van der Waals surface area contributed by atoms with Crippen LogP contribution in [-0.4, -0.2) is 42.9 Å². The van der Waals surface area contributed by atoms with Crippen molar-refractivity contribution in [2.24, 2.45) is 0 Å². The largest absolute Gasteiger partial charge is 0.389 e. The van der Waals surface area contributed by atoms with E-state index in [2.05, 4.69) is 10.6 Å². The Morgan fingerprint density at radius 1 is 1.35 bits per heavy atom. The Morgan fingerprint density at radius 3 is 2.55 bits per heavy atom. The molecule has 0 fully saturated rings. The molecule has 0 spiro atoms. The average molecular weight is 283 g/mol. The maximum absolute atomic E-state index is 10.9. The zero-order chi connectivity index (χ0) is 15.0. The van der Waals surface area contributed by atoms with Gasteiger partial charge in [-0.3, -0.25) is 10.1 Å². The molecule has 1 unspecified atom stereocenters. The molecule has 20 heavy (non-hydrogen) atoms. The molecule has 3 N–H and O–H groups in total. The molecule has 0 saturated heterocycles. The SMILES string of the molecule is CCCNc1cc(NCC(O)COC)cc([N+](=O)[O-])c1. The van der Waals surface area contributed by atoms with E-state index in [9.17, 15) is 15.2 Å². The van der Waals surface area contributed by atoms with Gasteiger partial charge in [0.05, 0.1) is 17.6 Å². The van der Waals surface area contributed by atoms with E-state index in [1.54, 1.807) is 6.07 Å². The number of anilines is 2. The van der Waals surface area contributed by atoms with Gasteiger partial charge in [0, 0.05) is 43.7 Å². The summed E-state index contributed by atoms with van der Waals surface area (Å²) in [6, 6.07) is 4.71. The van der Waals surface area contributed by atoms with Crippen molar-refractivity contribution in [3.05, 3.63) is 28.3 Å². The van der Waals surface area contributed by atoms with Gasteiger partial charge in [-0.1, -0.05) is 6.92 Å². The molecule has 0 amide bonds. The molecule has 1 aromatic rings. The second kappa shape index (κ2) is 8.34. The third kappa shape index (κ3) is 5.41. The van der Waals surface area contributed by atoms with Crippen molar-refractivity contribution in [3.63, 3.8) is 0 Å². The van der Waals surface area contributed by atoms with E-state index >= 15 is 0 Å². The number of ether oxygens (including phenoxy) is 1. The van der Waals surface area contributed by atoms with Crippen LogP contribution in [0, 0.1) is 10.1 Å². The zero-order valence-electron chi connectivity index (χ0n) is 11.8. The van der Waals surface area contributed by atoms with Crippen LogP contribution in [0.2, 0.25) is 0 Å². The molecule has 0 radical (unpaired) electrons. The van der Waals surface area contributed by atoms with Crippen molar-refractivity contribution in [2.45, 2.75) is 19.4 Å². The number of hydrogen-bond donors (Lipinski definition) is 3. The van der Waals surface area contributed by atoms with Crippen molar-refractivity contribution in [1.29, 1.82) is 0 Å². The number of nitro groups is 1. The van der Waals surface area contributed by atoms with Gasteiger partial charge >= 0.3 is 0 Å². The highest BCUT2D eigenvalue weighted by Crippen LogP contribution is 2.24. The highest BCUT2D eigenvalue weighted by molar-refractivity contribution is 5.63. The lowest BCUT2D eigenvalue weighted by Crippen LogP contribution is -2.24. The number of methoxy groups -OCH3 is 1. The van der Waals surface area contributed by atoms with Gasteiger partial charge in [0.2, 0.25) is 0 Å². The van der Waals surface area contributed by atoms with Gasteiger partial charge < -0.3 is 20.5 Å². The van der Waals surface area contributed by atoms with E-state index in [1.807, 2.05) is 6.92 Å². The highest BCUT2D eigenvalue weighted by Gasteiger charge is 2.10. The van der Waals surface area contributed by atoms with Crippen LogP contribution in [0.25, 0.3) is 0 Å². The molecule has 0 aliphatic heterocycles. The lowest BCUT2D eigenvalue weighted by molar-refractivity contribution is -0.384. The minimum atomic E-state index is -0.661. The van der Waals surface area contributed by atoms with Crippen molar-refractivity contribution in [3.8, 4) is 0 Å². The molecule has 1 atom stereocenters. The summed E-state index contributed by atoms with van der Waals surface area (Å²) in [4.78, 5) is 10.5. The molecule has 1 aromatic carbocycles. The van der Waals surface area contributed by atoms with Crippen molar-refractivity contribution < 1.29 is 14.8 Å². The molecule has 0 aliphatic carbocycles. The standard InChI is InChI=1S/C13H21N3O4/c1-3-4-14-10-5-11(7-12(6-10)16(18)19)15-8-13(17)9-20-2/h5-7,13-15,17H,3-4,8-9H2,1-2H3. The van der Waals surface area contributed by atoms with Crippen LogP contribution < -0.4 is 10.6 Å². The first-order valence-corrected chi connectivity index (χ1v) is 6.51. The summed E-state index contributed by atoms with van der Waals surface area (Å²) >= 11 is 0. The van der Waals surface area contributed by atoms with Gasteiger partial charge in [-0.05, 0) is 12.5 Å². The summed E-state index contributed by atoms with van der Waals surface area (Å²) in [6.45, 7) is 3.24.